The predicted octanol–water partition coefficient (Wildman–Crippen LogP) is 4.18. The number of hydrogen-bond donors (Lipinski definition) is 0. The highest BCUT2D eigenvalue weighted by atomic mass is 16.5. The first-order valence-electron chi connectivity index (χ1n) is 9.94. The molecular formula is C23H25N3O3. The van der Waals surface area contributed by atoms with Crippen molar-refractivity contribution in [2.24, 2.45) is 7.05 Å². The van der Waals surface area contributed by atoms with Gasteiger partial charge in [-0.25, -0.2) is 0 Å². The quantitative estimate of drug-likeness (QED) is 0.590. The van der Waals surface area contributed by atoms with Gasteiger partial charge in [-0.3, -0.25) is 4.79 Å². The average Bonchev–Trinajstić information content (AvgIpc) is 3.18. The van der Waals surface area contributed by atoms with Gasteiger partial charge in [-0.15, -0.1) is 10.2 Å². The van der Waals surface area contributed by atoms with Crippen molar-refractivity contribution >= 4 is 5.97 Å². The fourth-order valence-corrected chi connectivity index (χ4v) is 3.89. The fourth-order valence-electron chi connectivity index (χ4n) is 3.89. The molecule has 1 atom stereocenters. The van der Waals surface area contributed by atoms with Crippen LogP contribution in [-0.4, -0.2) is 27.8 Å². The molecule has 0 bridgehead atoms. The number of ether oxygens (including phenoxy) is 2. The van der Waals surface area contributed by atoms with Crippen LogP contribution in [-0.2, 0) is 29.4 Å². The minimum Gasteiger partial charge on any atom is -0.469 e. The number of aryl methyl sites for hydroxylation is 3. The minimum absolute atomic E-state index is 0.202. The second-order valence-corrected chi connectivity index (χ2v) is 7.44. The fraction of sp³-hybridized carbons (Fsp3) is 0.348. The third-order valence-corrected chi connectivity index (χ3v) is 5.49. The van der Waals surface area contributed by atoms with Gasteiger partial charge in [0.25, 0.3) is 0 Å². The molecule has 0 fully saturated rings. The van der Waals surface area contributed by atoms with Gasteiger partial charge in [-0.1, -0.05) is 18.2 Å². The molecule has 6 nitrogen and oxygen atoms in total. The van der Waals surface area contributed by atoms with Gasteiger partial charge in [0.05, 0.1) is 19.4 Å². The summed E-state index contributed by atoms with van der Waals surface area (Å²) < 4.78 is 12.8. The lowest BCUT2D eigenvalue weighted by atomic mass is 9.92. The monoisotopic (exact) mass is 391 g/mol. The third-order valence-electron chi connectivity index (χ3n) is 5.49. The Morgan fingerprint density at radius 1 is 1.07 bits per heavy atom. The van der Waals surface area contributed by atoms with Gasteiger partial charge >= 0.3 is 5.97 Å². The first-order chi connectivity index (χ1) is 14.1. The summed E-state index contributed by atoms with van der Waals surface area (Å²) in [6, 6.07) is 14.2. The van der Waals surface area contributed by atoms with Crippen LogP contribution in [0, 0.1) is 0 Å². The van der Waals surface area contributed by atoms with Crippen molar-refractivity contribution in [3.63, 3.8) is 0 Å². The van der Waals surface area contributed by atoms with Gasteiger partial charge in [-0.05, 0) is 66.6 Å². The molecule has 3 aromatic rings. The Balaban J connectivity index is 1.54. The van der Waals surface area contributed by atoms with Crippen molar-refractivity contribution in [3.05, 3.63) is 71.3 Å². The number of hydrogen-bond acceptors (Lipinski definition) is 5. The first-order valence-corrected chi connectivity index (χ1v) is 9.94. The molecular weight excluding hydrogens is 366 g/mol. The van der Waals surface area contributed by atoms with Gasteiger partial charge in [0.1, 0.15) is 23.7 Å². The number of aromatic nitrogens is 3. The highest BCUT2D eigenvalue weighted by Crippen LogP contribution is 2.31. The maximum atomic E-state index is 11.9. The number of nitrogens with zero attached hydrogens (tertiary/aromatic N) is 3. The van der Waals surface area contributed by atoms with Gasteiger partial charge in [0.15, 0.2) is 0 Å². The van der Waals surface area contributed by atoms with E-state index in [1.807, 2.05) is 41.9 Å². The van der Waals surface area contributed by atoms with Crippen LogP contribution in [0.4, 0.5) is 0 Å². The van der Waals surface area contributed by atoms with Gasteiger partial charge in [0, 0.05) is 7.05 Å². The lowest BCUT2D eigenvalue weighted by Crippen LogP contribution is -2.14. The smallest absolute Gasteiger partial charge is 0.306 e. The van der Waals surface area contributed by atoms with E-state index in [9.17, 15) is 4.79 Å². The molecule has 6 heteroatoms. The number of fused-ring (bicyclic) bond motifs is 1. The van der Waals surface area contributed by atoms with Crippen LogP contribution in [0.25, 0.3) is 0 Å². The van der Waals surface area contributed by atoms with E-state index in [4.69, 9.17) is 9.47 Å². The molecule has 0 N–H and O–H groups in total. The van der Waals surface area contributed by atoms with Gasteiger partial charge in [0.2, 0.25) is 0 Å². The topological polar surface area (TPSA) is 66.2 Å². The molecule has 0 saturated heterocycles. The second kappa shape index (κ2) is 8.47. The van der Waals surface area contributed by atoms with Crippen molar-refractivity contribution in [1.29, 1.82) is 0 Å². The van der Waals surface area contributed by atoms with Crippen LogP contribution in [0.15, 0.2) is 48.8 Å². The summed E-state index contributed by atoms with van der Waals surface area (Å²) in [5, 5.41) is 8.13. The molecule has 2 aromatic carbocycles. The number of carbonyl (C=O) groups excluding carboxylic acids is 1. The Morgan fingerprint density at radius 2 is 1.79 bits per heavy atom. The van der Waals surface area contributed by atoms with Crippen LogP contribution in [0.3, 0.4) is 0 Å². The maximum Gasteiger partial charge on any atom is 0.306 e. The summed E-state index contributed by atoms with van der Waals surface area (Å²) in [5.74, 6) is 1.83. The lowest BCUT2D eigenvalue weighted by Gasteiger charge is -2.17. The molecule has 1 heterocycles. The van der Waals surface area contributed by atoms with Crippen LogP contribution in [0.1, 0.15) is 47.7 Å². The van der Waals surface area contributed by atoms with Crippen molar-refractivity contribution in [1.82, 2.24) is 14.8 Å². The van der Waals surface area contributed by atoms with E-state index in [2.05, 4.69) is 22.3 Å². The van der Waals surface area contributed by atoms with Crippen LogP contribution in [0.5, 0.6) is 11.5 Å². The van der Waals surface area contributed by atoms with Crippen molar-refractivity contribution in [2.75, 3.05) is 7.11 Å². The highest BCUT2D eigenvalue weighted by molar-refractivity contribution is 5.71. The predicted molar refractivity (Wildman–Crippen MR) is 109 cm³/mol. The molecule has 0 radical (unpaired) electrons. The van der Waals surface area contributed by atoms with E-state index in [0.29, 0.717) is 0 Å². The maximum absolute atomic E-state index is 11.9. The average molecular weight is 391 g/mol. The largest absolute Gasteiger partial charge is 0.469 e. The van der Waals surface area contributed by atoms with E-state index < -0.39 is 0 Å². The zero-order valence-electron chi connectivity index (χ0n) is 16.8. The van der Waals surface area contributed by atoms with Crippen LogP contribution >= 0.6 is 0 Å². The first kappa shape index (κ1) is 19.2. The molecule has 0 saturated carbocycles. The van der Waals surface area contributed by atoms with E-state index in [-0.39, 0.29) is 18.3 Å². The Labute approximate surface area is 170 Å². The Bertz CT molecular complexity index is 995. The minimum atomic E-state index is -0.285. The summed E-state index contributed by atoms with van der Waals surface area (Å²) in [5.41, 5.74) is 3.79. The van der Waals surface area contributed by atoms with E-state index in [0.717, 1.165) is 35.7 Å². The summed E-state index contributed by atoms with van der Waals surface area (Å²) in [6.45, 7) is 0. The summed E-state index contributed by atoms with van der Waals surface area (Å²) in [7, 11) is 3.26. The summed E-state index contributed by atoms with van der Waals surface area (Å²) in [6.07, 6.45) is 6.63. The van der Waals surface area contributed by atoms with E-state index >= 15 is 0 Å². The number of benzene rings is 2. The molecule has 1 aliphatic rings. The zero-order valence-corrected chi connectivity index (χ0v) is 16.8. The normalized spacial score (nSPS) is 14.1. The molecule has 4 rings (SSSR count). The van der Waals surface area contributed by atoms with E-state index in [1.165, 1.54) is 31.1 Å². The highest BCUT2D eigenvalue weighted by Gasteiger charge is 2.23. The van der Waals surface area contributed by atoms with Crippen LogP contribution < -0.4 is 4.74 Å². The Morgan fingerprint density at radius 3 is 2.48 bits per heavy atom. The van der Waals surface area contributed by atoms with E-state index in [1.54, 1.807) is 6.33 Å². The Hall–Kier alpha value is -3.15. The number of rotatable bonds is 6. The van der Waals surface area contributed by atoms with Gasteiger partial charge in [-0.2, -0.15) is 0 Å². The third kappa shape index (κ3) is 4.31. The lowest BCUT2D eigenvalue weighted by molar-refractivity contribution is -0.140. The molecule has 29 heavy (non-hydrogen) atoms. The zero-order chi connectivity index (χ0) is 20.2. The molecule has 150 valence electrons. The summed E-state index contributed by atoms with van der Waals surface area (Å²) >= 11 is 0. The molecule has 0 aliphatic heterocycles. The number of esters is 1. The summed E-state index contributed by atoms with van der Waals surface area (Å²) in [4.78, 5) is 11.9. The second-order valence-electron chi connectivity index (χ2n) is 7.44. The molecule has 0 amide bonds. The molecule has 1 unspecified atom stereocenters. The van der Waals surface area contributed by atoms with Gasteiger partial charge < -0.3 is 14.0 Å². The molecule has 1 aromatic heterocycles. The van der Waals surface area contributed by atoms with Crippen molar-refractivity contribution < 1.29 is 14.3 Å². The molecule has 0 spiro atoms. The number of methoxy groups -OCH3 is 1. The SMILES string of the molecule is COC(=O)CC(c1ccc(Oc2ccc3c(c2)CCCC3)cc1)c1nncn1C. The van der Waals surface area contributed by atoms with Crippen LogP contribution in [0.2, 0.25) is 0 Å². The number of carbonyl (C=O) groups is 1. The standard InChI is InChI=1S/C23H25N3O3/c1-26-15-24-25-23(26)21(14-22(27)28-2)17-8-10-19(11-9-17)29-20-12-7-16-5-3-4-6-18(16)13-20/h7-13,15,21H,3-6,14H2,1-2H3. The molecule has 1 aliphatic carbocycles. The van der Waals surface area contributed by atoms with Crippen molar-refractivity contribution in [2.45, 2.75) is 38.0 Å². The Kier molecular flexibility index (Phi) is 5.60. The van der Waals surface area contributed by atoms with Crippen molar-refractivity contribution in [3.8, 4) is 11.5 Å².